The van der Waals surface area contributed by atoms with E-state index in [9.17, 15) is 9.59 Å². The molecule has 2 aromatic carbocycles. The van der Waals surface area contributed by atoms with Crippen LogP contribution in [0.25, 0.3) is 0 Å². The molecule has 0 saturated carbocycles. The monoisotopic (exact) mass is 401 g/mol. The molecule has 126 valence electrons. The molecule has 1 amide bonds. The second kappa shape index (κ2) is 7.27. The predicted octanol–water partition coefficient (Wildman–Crippen LogP) is 2.69. The van der Waals surface area contributed by atoms with Gasteiger partial charge in [0.25, 0.3) is 5.91 Å². The van der Waals surface area contributed by atoms with Crippen LogP contribution in [0.1, 0.15) is 11.1 Å². The highest BCUT2D eigenvalue weighted by Crippen LogP contribution is 2.27. The summed E-state index contributed by atoms with van der Waals surface area (Å²) in [5.74, 6) is -1.04. The van der Waals surface area contributed by atoms with Crippen molar-refractivity contribution in [1.82, 2.24) is 0 Å². The van der Waals surface area contributed by atoms with E-state index in [4.69, 9.17) is 9.84 Å². The molecule has 7 nitrogen and oxygen atoms in total. The first-order valence-electron chi connectivity index (χ1n) is 7.20. The number of amides is 1. The number of hydrogen-bond acceptors (Lipinski definition) is 5. The molecule has 25 heavy (non-hydrogen) atoms. The Labute approximate surface area is 151 Å². The van der Waals surface area contributed by atoms with Crippen LogP contribution in [0.15, 0.2) is 57.1 Å². The average Bonchev–Trinajstić information content (AvgIpc) is 2.89. The van der Waals surface area contributed by atoms with Crippen molar-refractivity contribution in [3.05, 3.63) is 58.1 Å². The van der Waals surface area contributed by atoms with Crippen LogP contribution in [-0.2, 0) is 9.59 Å². The summed E-state index contributed by atoms with van der Waals surface area (Å²) in [5.41, 5.74) is 2.09. The third kappa shape index (κ3) is 3.92. The first-order chi connectivity index (χ1) is 12.0. The summed E-state index contributed by atoms with van der Waals surface area (Å²) in [4.78, 5) is 22.6. The van der Waals surface area contributed by atoms with E-state index in [1.807, 2.05) is 6.07 Å². The van der Waals surface area contributed by atoms with E-state index in [0.717, 1.165) is 4.47 Å². The molecule has 1 heterocycles. The van der Waals surface area contributed by atoms with Gasteiger partial charge in [0.05, 0.1) is 11.9 Å². The molecule has 0 unspecified atom stereocenters. The zero-order valence-electron chi connectivity index (χ0n) is 12.8. The Kier molecular flexibility index (Phi) is 4.90. The topological polar surface area (TPSA) is 100 Å². The number of nitrogens with zero attached hydrogens (tertiary/aromatic N) is 2. The van der Waals surface area contributed by atoms with E-state index in [1.54, 1.807) is 36.4 Å². The lowest BCUT2D eigenvalue weighted by Gasteiger charge is -2.05. The van der Waals surface area contributed by atoms with Gasteiger partial charge in [-0.15, -0.1) is 5.10 Å². The second-order valence-corrected chi connectivity index (χ2v) is 5.97. The van der Waals surface area contributed by atoms with Crippen LogP contribution in [0, 0.1) is 0 Å². The van der Waals surface area contributed by atoms with Crippen LogP contribution in [0.5, 0.6) is 5.75 Å². The molecule has 0 saturated heterocycles. The Bertz CT molecular complexity index is 909. The number of carbonyl (C=O) groups is 2. The van der Waals surface area contributed by atoms with Crippen LogP contribution in [0.3, 0.4) is 0 Å². The number of aliphatic carboxylic acids is 1. The molecule has 8 heteroatoms. The lowest BCUT2D eigenvalue weighted by atomic mass is 10.1. The Morgan fingerprint density at radius 3 is 2.88 bits per heavy atom. The molecule has 3 rings (SSSR count). The van der Waals surface area contributed by atoms with Gasteiger partial charge in [-0.1, -0.05) is 28.1 Å². The molecule has 0 fully saturated rings. The molecule has 0 spiro atoms. The highest BCUT2D eigenvalue weighted by atomic mass is 79.9. The van der Waals surface area contributed by atoms with Gasteiger partial charge in [0, 0.05) is 15.6 Å². The van der Waals surface area contributed by atoms with E-state index in [2.05, 4.69) is 31.4 Å². The maximum atomic E-state index is 12.0. The maximum Gasteiger partial charge on any atom is 0.341 e. The van der Waals surface area contributed by atoms with E-state index < -0.39 is 12.6 Å². The van der Waals surface area contributed by atoms with Gasteiger partial charge in [0.2, 0.25) is 0 Å². The Balaban J connectivity index is 1.84. The maximum absolute atomic E-state index is 12.0. The summed E-state index contributed by atoms with van der Waals surface area (Å²) < 4.78 is 6.02. The molecule has 0 radical (unpaired) electrons. The van der Waals surface area contributed by atoms with Crippen LogP contribution >= 0.6 is 15.9 Å². The number of hydrogen-bond donors (Lipinski definition) is 2. The third-order valence-electron chi connectivity index (χ3n) is 3.32. The first kappa shape index (κ1) is 16.8. The number of anilines is 1. The van der Waals surface area contributed by atoms with Crippen molar-refractivity contribution < 1.29 is 19.4 Å². The number of fused-ring (bicyclic) bond motifs is 1. The smallest absolute Gasteiger partial charge is 0.341 e. The van der Waals surface area contributed by atoms with Crippen molar-refractivity contribution >= 4 is 45.4 Å². The van der Waals surface area contributed by atoms with Crippen molar-refractivity contribution in [2.45, 2.75) is 0 Å². The summed E-state index contributed by atoms with van der Waals surface area (Å²) >= 11 is 3.36. The molecule has 2 aromatic rings. The molecule has 2 N–H and O–H groups in total. The fourth-order valence-electron chi connectivity index (χ4n) is 2.23. The summed E-state index contributed by atoms with van der Waals surface area (Å²) in [6.45, 7) is -0.455. The van der Waals surface area contributed by atoms with Crippen molar-refractivity contribution in [1.29, 1.82) is 0 Å². The number of carboxylic acid groups (broad SMARTS) is 1. The number of para-hydroxylation sites is 1. The zero-order chi connectivity index (χ0) is 17.8. The Morgan fingerprint density at radius 1 is 1.28 bits per heavy atom. The van der Waals surface area contributed by atoms with Crippen LogP contribution in [-0.4, -0.2) is 35.5 Å². The molecule has 0 atom stereocenters. The number of ether oxygens (including phenoxy) is 1. The fourth-order valence-corrected chi connectivity index (χ4v) is 2.59. The second-order valence-electron chi connectivity index (χ2n) is 5.06. The quantitative estimate of drug-likeness (QED) is 0.593. The Hall–Kier alpha value is -3.00. The molecule has 0 aliphatic carbocycles. The van der Waals surface area contributed by atoms with Gasteiger partial charge in [0.15, 0.2) is 12.3 Å². The highest BCUT2D eigenvalue weighted by Gasteiger charge is 2.26. The van der Waals surface area contributed by atoms with Crippen molar-refractivity contribution in [2.24, 2.45) is 10.2 Å². The van der Waals surface area contributed by atoms with Gasteiger partial charge in [-0.05, 0) is 30.3 Å². The number of benzene rings is 2. The number of carbonyl (C=O) groups excluding carboxylic acids is 1. The summed E-state index contributed by atoms with van der Waals surface area (Å²) in [6.07, 6.45) is 1.41. The molecule has 1 aliphatic rings. The van der Waals surface area contributed by atoms with Gasteiger partial charge >= 0.3 is 5.97 Å². The van der Waals surface area contributed by atoms with Gasteiger partial charge < -0.3 is 15.2 Å². The minimum atomic E-state index is -1.07. The van der Waals surface area contributed by atoms with E-state index >= 15 is 0 Å². The van der Waals surface area contributed by atoms with Gasteiger partial charge in [-0.2, -0.15) is 5.10 Å². The number of carboxylic acids is 1. The lowest BCUT2D eigenvalue weighted by molar-refractivity contribution is -0.139. The number of halogens is 1. The predicted molar refractivity (Wildman–Crippen MR) is 96.5 cm³/mol. The van der Waals surface area contributed by atoms with Crippen LogP contribution in [0.2, 0.25) is 0 Å². The van der Waals surface area contributed by atoms with Crippen molar-refractivity contribution in [2.75, 3.05) is 11.9 Å². The van der Waals surface area contributed by atoms with Gasteiger partial charge in [-0.3, -0.25) is 4.79 Å². The van der Waals surface area contributed by atoms with Gasteiger partial charge in [-0.25, -0.2) is 4.79 Å². The van der Waals surface area contributed by atoms with Crippen molar-refractivity contribution in [3.8, 4) is 5.75 Å². The van der Waals surface area contributed by atoms with Crippen LogP contribution < -0.4 is 10.1 Å². The molecule has 0 bridgehead atoms. The molecular weight excluding hydrogens is 390 g/mol. The third-order valence-corrected chi connectivity index (χ3v) is 3.82. The zero-order valence-corrected chi connectivity index (χ0v) is 14.4. The van der Waals surface area contributed by atoms with E-state index in [0.29, 0.717) is 22.6 Å². The summed E-state index contributed by atoms with van der Waals surface area (Å²) in [6, 6.07) is 12.2. The SMILES string of the molecule is O=C(O)COc1ccccc1/C=N/N=C1/C(=O)Nc2ccc(Br)cc21. The van der Waals surface area contributed by atoms with E-state index in [1.165, 1.54) is 6.21 Å². The highest BCUT2D eigenvalue weighted by molar-refractivity contribution is 9.10. The minimum Gasteiger partial charge on any atom is -0.481 e. The lowest BCUT2D eigenvalue weighted by Crippen LogP contribution is -2.13. The summed E-state index contributed by atoms with van der Waals surface area (Å²) in [7, 11) is 0. The normalized spacial score (nSPS) is 14.6. The Morgan fingerprint density at radius 2 is 2.08 bits per heavy atom. The molecular formula is C17H12BrN3O4. The van der Waals surface area contributed by atoms with Gasteiger partial charge in [0.1, 0.15) is 5.75 Å². The molecule has 1 aliphatic heterocycles. The number of nitrogens with one attached hydrogen (secondary N) is 1. The van der Waals surface area contributed by atoms with Crippen LogP contribution in [0.4, 0.5) is 5.69 Å². The van der Waals surface area contributed by atoms with Crippen molar-refractivity contribution in [3.63, 3.8) is 0 Å². The van der Waals surface area contributed by atoms with E-state index in [-0.39, 0.29) is 11.6 Å². The first-order valence-corrected chi connectivity index (χ1v) is 8.00. The minimum absolute atomic E-state index is 0.205. The largest absolute Gasteiger partial charge is 0.481 e. The fraction of sp³-hybridized carbons (Fsp3) is 0.0588. The standard InChI is InChI=1S/C17H12BrN3O4/c18-11-5-6-13-12(7-11)16(17(24)20-13)21-19-8-10-3-1-2-4-14(10)25-9-15(22)23/h1-8H,9H2,(H,22,23)(H,20,21,24)/b19-8+. The summed E-state index contributed by atoms with van der Waals surface area (Å²) in [5, 5.41) is 19.4. The molecule has 0 aromatic heterocycles. The number of rotatable bonds is 5. The average molecular weight is 402 g/mol.